The van der Waals surface area contributed by atoms with Crippen LogP contribution in [0.5, 0.6) is 5.75 Å². The molecule has 0 aliphatic carbocycles. The molecule has 0 amide bonds. The Morgan fingerprint density at radius 1 is 1.07 bits per heavy atom. The third-order valence-electron chi connectivity index (χ3n) is 4.61. The van der Waals surface area contributed by atoms with Gasteiger partial charge >= 0.3 is 0 Å². The summed E-state index contributed by atoms with van der Waals surface area (Å²) in [6.45, 7) is 1.97. The van der Waals surface area contributed by atoms with Crippen molar-refractivity contribution in [1.82, 2.24) is 9.55 Å². The molecule has 0 spiro atoms. The van der Waals surface area contributed by atoms with Gasteiger partial charge in [-0.3, -0.25) is 9.36 Å². The first-order valence-electron chi connectivity index (χ1n) is 8.89. The fraction of sp³-hybridized carbons (Fsp3) is 0.0435. The zero-order valence-electron chi connectivity index (χ0n) is 15.4. The minimum absolute atomic E-state index is 0.124. The molecule has 1 heterocycles. The molecule has 0 unspecified atom stereocenters. The van der Waals surface area contributed by atoms with E-state index >= 15 is 0 Å². The molecule has 0 saturated carbocycles. The first-order valence-corrected chi connectivity index (χ1v) is 10.8. The molecule has 0 aliphatic heterocycles. The molecule has 4 aromatic rings. The van der Waals surface area contributed by atoms with Gasteiger partial charge in [-0.25, -0.2) is 4.98 Å². The fourth-order valence-electron chi connectivity index (χ4n) is 3.16. The van der Waals surface area contributed by atoms with Crippen LogP contribution in [0, 0.1) is 10.5 Å². The van der Waals surface area contributed by atoms with Crippen LogP contribution in [0.4, 0.5) is 0 Å². The van der Waals surface area contributed by atoms with Crippen LogP contribution in [0.15, 0.2) is 69.9 Å². The van der Waals surface area contributed by atoms with Crippen molar-refractivity contribution < 1.29 is 5.11 Å². The largest absolute Gasteiger partial charge is 0.507 e. The summed E-state index contributed by atoms with van der Waals surface area (Å²) >= 11 is 5.61. The Bertz CT molecular complexity index is 1330. The number of hydrogen-bond donors (Lipinski definition) is 1. The van der Waals surface area contributed by atoms with Crippen LogP contribution >= 0.6 is 38.5 Å². The number of benzene rings is 3. The Morgan fingerprint density at radius 3 is 2.66 bits per heavy atom. The summed E-state index contributed by atoms with van der Waals surface area (Å²) in [5.41, 5.74) is 2.90. The molecule has 0 fully saturated rings. The number of aromatic nitrogens is 2. The van der Waals surface area contributed by atoms with E-state index < -0.39 is 0 Å². The minimum Gasteiger partial charge on any atom is -0.507 e. The van der Waals surface area contributed by atoms with E-state index in [1.165, 1.54) is 0 Å². The van der Waals surface area contributed by atoms with Gasteiger partial charge in [0.15, 0.2) is 0 Å². The maximum absolute atomic E-state index is 13.4. The number of phenolic OH excluding ortho intramolecular Hbond substituents is 1. The molecule has 29 heavy (non-hydrogen) atoms. The number of hydrogen-bond acceptors (Lipinski definition) is 3. The average Bonchev–Trinajstić information content (AvgIpc) is 2.70. The van der Waals surface area contributed by atoms with Crippen LogP contribution in [-0.4, -0.2) is 14.7 Å². The van der Waals surface area contributed by atoms with Crippen LogP contribution in [0.1, 0.15) is 17.0 Å². The Labute approximate surface area is 189 Å². The SMILES string of the molecule is Cc1ccccc1-n1c(/C=C/c2cc(Br)ccc2O)nc2ccc(I)cc2c1=O. The van der Waals surface area contributed by atoms with Crippen molar-refractivity contribution in [2.45, 2.75) is 6.92 Å². The number of halogens is 2. The number of nitrogens with zero attached hydrogens (tertiary/aromatic N) is 2. The van der Waals surface area contributed by atoms with Gasteiger partial charge in [0.05, 0.1) is 16.6 Å². The van der Waals surface area contributed by atoms with Crippen molar-refractivity contribution in [3.8, 4) is 11.4 Å². The fourth-order valence-corrected chi connectivity index (χ4v) is 4.03. The molecule has 144 valence electrons. The topological polar surface area (TPSA) is 55.1 Å². The second-order valence-electron chi connectivity index (χ2n) is 6.59. The minimum atomic E-state index is -0.124. The molecule has 1 N–H and O–H groups in total. The summed E-state index contributed by atoms with van der Waals surface area (Å²) in [4.78, 5) is 18.2. The summed E-state index contributed by atoms with van der Waals surface area (Å²) < 4.78 is 3.46. The second-order valence-corrected chi connectivity index (χ2v) is 8.76. The summed E-state index contributed by atoms with van der Waals surface area (Å²) in [6, 6.07) is 18.6. The van der Waals surface area contributed by atoms with Gasteiger partial charge in [0.25, 0.3) is 5.56 Å². The molecular weight excluding hydrogens is 543 g/mol. The highest BCUT2D eigenvalue weighted by atomic mass is 127. The van der Waals surface area contributed by atoms with Gasteiger partial charge in [-0.15, -0.1) is 0 Å². The van der Waals surface area contributed by atoms with Crippen molar-refractivity contribution in [1.29, 1.82) is 0 Å². The van der Waals surface area contributed by atoms with E-state index in [-0.39, 0.29) is 11.3 Å². The van der Waals surface area contributed by atoms with Crippen LogP contribution in [-0.2, 0) is 0 Å². The lowest BCUT2D eigenvalue weighted by molar-refractivity contribution is 0.474. The highest BCUT2D eigenvalue weighted by Crippen LogP contribution is 2.25. The Balaban J connectivity index is 1.99. The van der Waals surface area contributed by atoms with Crippen LogP contribution < -0.4 is 5.56 Å². The van der Waals surface area contributed by atoms with E-state index in [4.69, 9.17) is 4.98 Å². The first-order chi connectivity index (χ1) is 13.9. The van der Waals surface area contributed by atoms with Crippen LogP contribution in [0.2, 0.25) is 0 Å². The summed E-state index contributed by atoms with van der Waals surface area (Å²) in [7, 11) is 0. The average molecular weight is 559 g/mol. The molecule has 3 aromatic carbocycles. The van der Waals surface area contributed by atoms with Gasteiger partial charge in [0, 0.05) is 13.6 Å². The number of aryl methyl sites for hydroxylation is 1. The number of fused-ring (bicyclic) bond motifs is 1. The van der Waals surface area contributed by atoms with E-state index in [9.17, 15) is 9.90 Å². The highest BCUT2D eigenvalue weighted by Gasteiger charge is 2.13. The molecular formula is C23H16BrIN2O2. The Morgan fingerprint density at radius 2 is 1.86 bits per heavy atom. The third kappa shape index (κ3) is 4.00. The number of rotatable bonds is 3. The van der Waals surface area contributed by atoms with Gasteiger partial charge in [-0.1, -0.05) is 34.1 Å². The summed E-state index contributed by atoms with van der Waals surface area (Å²) in [6.07, 6.45) is 3.52. The van der Waals surface area contributed by atoms with Gasteiger partial charge in [0.1, 0.15) is 11.6 Å². The Hall–Kier alpha value is -2.45. The van der Waals surface area contributed by atoms with Gasteiger partial charge in [0.2, 0.25) is 0 Å². The van der Waals surface area contributed by atoms with E-state index in [2.05, 4.69) is 38.5 Å². The molecule has 0 aliphatic rings. The first kappa shape index (κ1) is 19.8. The quantitative estimate of drug-likeness (QED) is 0.317. The smallest absolute Gasteiger partial charge is 0.266 e. The van der Waals surface area contributed by atoms with Gasteiger partial charge < -0.3 is 5.11 Å². The molecule has 4 rings (SSSR count). The standard InChI is InChI=1S/C23H16BrIN2O2/c1-14-4-2-3-5-20(14)27-22(11-6-15-12-16(24)7-10-21(15)28)26-19-9-8-17(25)13-18(19)23(27)29/h2-13,28H,1H3/b11-6+. The number of phenols is 1. The van der Waals surface area contributed by atoms with Crippen molar-refractivity contribution in [2.24, 2.45) is 0 Å². The van der Waals surface area contributed by atoms with Crippen molar-refractivity contribution >= 4 is 61.6 Å². The molecule has 4 nitrogen and oxygen atoms in total. The summed E-state index contributed by atoms with van der Waals surface area (Å²) in [5, 5.41) is 10.7. The van der Waals surface area contributed by atoms with Crippen molar-refractivity contribution in [3.63, 3.8) is 0 Å². The van der Waals surface area contributed by atoms with Crippen LogP contribution in [0.25, 0.3) is 28.7 Å². The Kier molecular flexibility index (Phi) is 5.56. The lowest BCUT2D eigenvalue weighted by Crippen LogP contribution is -2.23. The van der Waals surface area contributed by atoms with Crippen molar-refractivity contribution in [3.05, 3.63) is 96.0 Å². The zero-order valence-corrected chi connectivity index (χ0v) is 19.2. The van der Waals surface area contributed by atoms with Crippen LogP contribution in [0.3, 0.4) is 0 Å². The number of aromatic hydroxyl groups is 1. The lowest BCUT2D eigenvalue weighted by Gasteiger charge is -2.14. The van der Waals surface area contributed by atoms with Gasteiger partial charge in [-0.2, -0.15) is 0 Å². The van der Waals surface area contributed by atoms with E-state index in [1.807, 2.05) is 55.5 Å². The monoisotopic (exact) mass is 558 g/mol. The zero-order chi connectivity index (χ0) is 20.5. The summed E-state index contributed by atoms with van der Waals surface area (Å²) in [5.74, 6) is 0.655. The molecule has 0 atom stereocenters. The maximum atomic E-state index is 13.4. The predicted octanol–water partition coefficient (Wildman–Crippen LogP) is 5.94. The van der Waals surface area contributed by atoms with Crippen molar-refractivity contribution in [2.75, 3.05) is 0 Å². The van der Waals surface area contributed by atoms with E-state index in [0.29, 0.717) is 22.3 Å². The molecule has 0 bridgehead atoms. The van der Waals surface area contributed by atoms with E-state index in [0.717, 1.165) is 19.3 Å². The highest BCUT2D eigenvalue weighted by molar-refractivity contribution is 14.1. The molecule has 0 saturated heterocycles. The second kappa shape index (κ2) is 8.12. The van der Waals surface area contributed by atoms with Gasteiger partial charge in [-0.05, 0) is 89.7 Å². The normalized spacial score (nSPS) is 11.4. The molecule has 1 aromatic heterocycles. The maximum Gasteiger partial charge on any atom is 0.266 e. The lowest BCUT2D eigenvalue weighted by atomic mass is 10.1. The molecule has 0 radical (unpaired) electrons. The van der Waals surface area contributed by atoms with E-state index in [1.54, 1.807) is 28.9 Å². The third-order valence-corrected chi connectivity index (χ3v) is 5.78. The predicted molar refractivity (Wildman–Crippen MR) is 130 cm³/mol. The number of para-hydroxylation sites is 1. The molecule has 6 heteroatoms.